The molecule has 4 nitrogen and oxygen atoms in total. The summed E-state index contributed by atoms with van der Waals surface area (Å²) in [4.78, 5) is 16.4. The summed E-state index contributed by atoms with van der Waals surface area (Å²) < 4.78 is 5.07. The lowest BCUT2D eigenvalue weighted by atomic mass is 9.84. The molecule has 1 rings (SSSR count). The largest absolute Gasteiger partial charge is 0.465 e. The summed E-state index contributed by atoms with van der Waals surface area (Å²) in [5, 5.41) is 0. The van der Waals surface area contributed by atoms with E-state index in [1.807, 2.05) is 38.1 Å². The Hall–Kier alpha value is -1.39. The van der Waals surface area contributed by atoms with Gasteiger partial charge >= 0.3 is 5.97 Å². The molecule has 0 aliphatic carbocycles. The van der Waals surface area contributed by atoms with Crippen molar-refractivity contribution in [3.63, 3.8) is 0 Å². The average molecular weight is 237 g/mol. The Kier molecular flexibility index (Phi) is 4.66. The number of hydrogen-bond acceptors (Lipinski definition) is 4. The first kappa shape index (κ1) is 13.7. The SMILES string of the molecule is CCOC(=O)C(C)(C)c1cccc(CON)c1. The number of ether oxygens (including phenoxy) is 1. The molecule has 0 fully saturated rings. The second kappa shape index (κ2) is 5.80. The van der Waals surface area contributed by atoms with Crippen LogP contribution in [0.5, 0.6) is 0 Å². The second-order valence-electron chi connectivity index (χ2n) is 4.36. The summed E-state index contributed by atoms with van der Waals surface area (Å²) in [5.41, 5.74) is 1.16. The normalized spacial score (nSPS) is 11.3. The quantitative estimate of drug-likeness (QED) is 0.627. The molecule has 17 heavy (non-hydrogen) atoms. The van der Waals surface area contributed by atoms with Crippen LogP contribution in [0.2, 0.25) is 0 Å². The van der Waals surface area contributed by atoms with Gasteiger partial charge in [-0.1, -0.05) is 24.3 Å². The molecule has 0 aliphatic heterocycles. The molecule has 0 atom stereocenters. The van der Waals surface area contributed by atoms with Crippen LogP contribution in [0.1, 0.15) is 31.9 Å². The van der Waals surface area contributed by atoms with Crippen LogP contribution in [0.4, 0.5) is 0 Å². The van der Waals surface area contributed by atoms with Crippen molar-refractivity contribution in [1.29, 1.82) is 0 Å². The van der Waals surface area contributed by atoms with Crippen molar-refractivity contribution in [1.82, 2.24) is 0 Å². The van der Waals surface area contributed by atoms with Crippen LogP contribution in [-0.4, -0.2) is 12.6 Å². The molecule has 94 valence electrons. The highest BCUT2D eigenvalue weighted by Crippen LogP contribution is 2.25. The van der Waals surface area contributed by atoms with Crippen LogP contribution in [0.15, 0.2) is 24.3 Å². The molecule has 0 heterocycles. The van der Waals surface area contributed by atoms with Crippen molar-refractivity contribution in [2.24, 2.45) is 5.90 Å². The van der Waals surface area contributed by atoms with Crippen molar-refractivity contribution in [2.75, 3.05) is 6.61 Å². The summed E-state index contributed by atoms with van der Waals surface area (Å²) >= 11 is 0. The van der Waals surface area contributed by atoms with Crippen molar-refractivity contribution in [2.45, 2.75) is 32.8 Å². The van der Waals surface area contributed by atoms with Gasteiger partial charge in [0.15, 0.2) is 0 Å². The van der Waals surface area contributed by atoms with Crippen LogP contribution in [-0.2, 0) is 26.4 Å². The molecule has 4 heteroatoms. The fourth-order valence-corrected chi connectivity index (χ4v) is 1.58. The number of esters is 1. The van der Waals surface area contributed by atoms with Gasteiger partial charge in [-0.05, 0) is 31.9 Å². The summed E-state index contributed by atoms with van der Waals surface area (Å²) in [7, 11) is 0. The summed E-state index contributed by atoms with van der Waals surface area (Å²) in [5.74, 6) is 4.80. The molecule has 0 aromatic heterocycles. The van der Waals surface area contributed by atoms with Crippen LogP contribution >= 0.6 is 0 Å². The van der Waals surface area contributed by atoms with E-state index in [2.05, 4.69) is 4.84 Å². The lowest BCUT2D eigenvalue weighted by Gasteiger charge is -2.23. The van der Waals surface area contributed by atoms with Gasteiger partial charge in [0.05, 0.1) is 18.6 Å². The smallest absolute Gasteiger partial charge is 0.315 e. The standard InChI is InChI=1S/C13H19NO3/c1-4-16-12(15)13(2,3)11-7-5-6-10(8-11)9-17-14/h5-8H,4,9,14H2,1-3H3. The van der Waals surface area contributed by atoms with Gasteiger partial charge in [0.25, 0.3) is 0 Å². The molecule has 0 radical (unpaired) electrons. The van der Waals surface area contributed by atoms with E-state index in [1.165, 1.54) is 0 Å². The number of carbonyl (C=O) groups is 1. The molecule has 1 aromatic carbocycles. The van der Waals surface area contributed by atoms with Crippen LogP contribution < -0.4 is 5.90 Å². The molecule has 2 N–H and O–H groups in total. The third-order valence-corrected chi connectivity index (χ3v) is 2.68. The van der Waals surface area contributed by atoms with E-state index in [4.69, 9.17) is 10.6 Å². The molecule has 0 unspecified atom stereocenters. The lowest BCUT2D eigenvalue weighted by Crippen LogP contribution is -2.31. The maximum absolute atomic E-state index is 11.9. The molecule has 0 bridgehead atoms. The minimum atomic E-state index is -0.666. The molecule has 0 saturated heterocycles. The lowest BCUT2D eigenvalue weighted by molar-refractivity contribution is -0.148. The van der Waals surface area contributed by atoms with E-state index >= 15 is 0 Å². The Morgan fingerprint density at radius 3 is 2.71 bits per heavy atom. The molecule has 0 spiro atoms. The van der Waals surface area contributed by atoms with Crippen molar-refractivity contribution in [3.8, 4) is 0 Å². The topological polar surface area (TPSA) is 61.5 Å². The Morgan fingerprint density at radius 2 is 2.12 bits per heavy atom. The minimum absolute atomic E-state index is 0.231. The molecule has 1 aromatic rings. The maximum Gasteiger partial charge on any atom is 0.315 e. The third kappa shape index (κ3) is 3.28. The molecule has 0 amide bonds. The van der Waals surface area contributed by atoms with E-state index in [9.17, 15) is 4.79 Å². The predicted octanol–water partition coefficient (Wildman–Crippen LogP) is 1.92. The maximum atomic E-state index is 11.9. The Morgan fingerprint density at radius 1 is 1.41 bits per heavy atom. The van der Waals surface area contributed by atoms with Crippen LogP contribution in [0.3, 0.4) is 0 Å². The number of nitrogens with two attached hydrogens (primary N) is 1. The van der Waals surface area contributed by atoms with Crippen LogP contribution in [0, 0.1) is 0 Å². The molecular weight excluding hydrogens is 218 g/mol. The monoisotopic (exact) mass is 237 g/mol. The fourth-order valence-electron chi connectivity index (χ4n) is 1.58. The van der Waals surface area contributed by atoms with E-state index in [-0.39, 0.29) is 5.97 Å². The van der Waals surface area contributed by atoms with Crippen molar-refractivity contribution in [3.05, 3.63) is 35.4 Å². The Labute approximate surface area is 102 Å². The highest BCUT2D eigenvalue weighted by molar-refractivity contribution is 5.82. The number of rotatable bonds is 5. The van der Waals surface area contributed by atoms with Gasteiger partial charge in [0, 0.05) is 0 Å². The Balaban J connectivity index is 2.97. The summed E-state index contributed by atoms with van der Waals surface area (Å²) in [6.45, 7) is 6.19. The van der Waals surface area contributed by atoms with Gasteiger partial charge in [0.2, 0.25) is 0 Å². The van der Waals surface area contributed by atoms with Crippen molar-refractivity contribution >= 4 is 5.97 Å². The number of carbonyl (C=O) groups excluding carboxylic acids is 1. The number of hydrogen-bond donors (Lipinski definition) is 1. The zero-order valence-corrected chi connectivity index (χ0v) is 10.5. The second-order valence-corrected chi connectivity index (χ2v) is 4.36. The molecular formula is C13H19NO3. The first-order valence-electron chi connectivity index (χ1n) is 5.60. The van der Waals surface area contributed by atoms with Gasteiger partial charge in [-0.15, -0.1) is 0 Å². The fraction of sp³-hybridized carbons (Fsp3) is 0.462. The van der Waals surface area contributed by atoms with E-state index in [0.717, 1.165) is 11.1 Å². The highest BCUT2D eigenvalue weighted by atomic mass is 16.6. The zero-order valence-electron chi connectivity index (χ0n) is 10.5. The third-order valence-electron chi connectivity index (χ3n) is 2.68. The first-order chi connectivity index (χ1) is 8.02. The highest BCUT2D eigenvalue weighted by Gasteiger charge is 2.31. The predicted molar refractivity (Wildman–Crippen MR) is 65.1 cm³/mol. The zero-order chi connectivity index (χ0) is 12.9. The van der Waals surface area contributed by atoms with Gasteiger partial charge < -0.3 is 4.74 Å². The van der Waals surface area contributed by atoms with Gasteiger partial charge in [-0.3, -0.25) is 9.63 Å². The minimum Gasteiger partial charge on any atom is -0.465 e. The average Bonchev–Trinajstić information content (AvgIpc) is 2.30. The summed E-state index contributed by atoms with van der Waals surface area (Å²) in [6.07, 6.45) is 0. The molecule has 0 saturated carbocycles. The van der Waals surface area contributed by atoms with E-state index in [1.54, 1.807) is 6.92 Å². The molecule has 0 aliphatic rings. The van der Waals surface area contributed by atoms with Gasteiger partial charge in [-0.2, -0.15) is 0 Å². The first-order valence-corrected chi connectivity index (χ1v) is 5.60. The summed E-state index contributed by atoms with van der Waals surface area (Å²) in [6, 6.07) is 7.59. The van der Waals surface area contributed by atoms with Gasteiger partial charge in [-0.25, -0.2) is 5.90 Å². The van der Waals surface area contributed by atoms with Crippen LogP contribution in [0.25, 0.3) is 0 Å². The number of benzene rings is 1. The van der Waals surface area contributed by atoms with Crippen molar-refractivity contribution < 1.29 is 14.4 Å². The Bertz CT molecular complexity index is 388. The van der Waals surface area contributed by atoms with E-state index < -0.39 is 5.41 Å². The van der Waals surface area contributed by atoms with E-state index in [0.29, 0.717) is 13.2 Å². The van der Waals surface area contributed by atoms with Gasteiger partial charge in [0.1, 0.15) is 0 Å².